The van der Waals surface area contributed by atoms with E-state index in [1.807, 2.05) is 50.2 Å². The number of hydrogen-bond acceptors (Lipinski definition) is 10. The van der Waals surface area contributed by atoms with E-state index in [4.69, 9.17) is 15.1 Å². The molecule has 1 saturated carbocycles. The molecule has 2 fully saturated rings. The first-order valence-electron chi connectivity index (χ1n) is 18.9. The largest absolute Gasteiger partial charge is 0.477 e. The zero-order valence-electron chi connectivity index (χ0n) is 31.1. The van der Waals surface area contributed by atoms with Crippen LogP contribution in [0.1, 0.15) is 85.8 Å². The number of ketones is 2. The van der Waals surface area contributed by atoms with Gasteiger partial charge in [0.2, 0.25) is 11.8 Å². The van der Waals surface area contributed by atoms with Crippen LogP contribution < -0.4 is 10.1 Å². The fourth-order valence-electron chi connectivity index (χ4n) is 7.98. The van der Waals surface area contributed by atoms with Crippen LogP contribution in [0.4, 0.5) is 5.69 Å². The molecular formula is C42H46BrN7O4. The number of halogens is 1. The number of amides is 1. The number of rotatable bonds is 6. The number of hydrogen-bond donors (Lipinski definition) is 2. The number of nitrogens with zero attached hydrogens (tertiary/aromatic N) is 5. The van der Waals surface area contributed by atoms with Crippen molar-refractivity contribution in [3.05, 3.63) is 93.4 Å². The van der Waals surface area contributed by atoms with Crippen molar-refractivity contribution in [2.75, 3.05) is 18.5 Å². The number of aryl methyl sites for hydroxylation is 4. The minimum atomic E-state index is -0.645. The highest BCUT2D eigenvalue weighted by atomic mass is 79.9. The van der Waals surface area contributed by atoms with Crippen LogP contribution in [0.2, 0.25) is 0 Å². The van der Waals surface area contributed by atoms with E-state index in [2.05, 4.69) is 42.3 Å². The molecule has 1 aromatic carbocycles. The number of Topliss-reactive ketones (excluding diaryl/α,β-unsaturated/α-hetero) is 2. The minimum Gasteiger partial charge on any atom is -0.477 e. The SMILES string of the molecule is CC(=O)C(=N)c1cc(-c2cnc(C)nc2)cc2c1NCC(=O)N1[C@H](C(=O)Cc3nc(Br)ccc3C)C[C@@]3(COc4cccc(n4)CCCCCCC2)C[C@@H]13. The van der Waals surface area contributed by atoms with Crippen molar-refractivity contribution < 1.29 is 19.1 Å². The first kappa shape index (κ1) is 37.5. The third-order valence-corrected chi connectivity index (χ3v) is 11.6. The highest BCUT2D eigenvalue weighted by Gasteiger charge is 2.67. The Morgan fingerprint density at radius 3 is 2.52 bits per heavy atom. The average Bonchev–Trinajstić information content (AvgIpc) is 3.76. The molecule has 7 rings (SSSR count). The van der Waals surface area contributed by atoms with Gasteiger partial charge in [0.15, 0.2) is 11.6 Å². The van der Waals surface area contributed by atoms with Crippen LogP contribution in [-0.2, 0) is 33.6 Å². The van der Waals surface area contributed by atoms with Gasteiger partial charge in [-0.3, -0.25) is 19.8 Å². The molecule has 1 amide bonds. The molecule has 3 aromatic heterocycles. The lowest BCUT2D eigenvalue weighted by Gasteiger charge is -2.28. The molecule has 1 saturated heterocycles. The van der Waals surface area contributed by atoms with Crippen molar-refractivity contribution in [3.8, 4) is 17.0 Å². The van der Waals surface area contributed by atoms with Gasteiger partial charge in [-0.2, -0.15) is 0 Å². The predicted molar refractivity (Wildman–Crippen MR) is 210 cm³/mol. The molecule has 4 bridgehead atoms. The number of carbonyl (C=O) groups is 3. The number of anilines is 1. The van der Waals surface area contributed by atoms with Gasteiger partial charge in [0, 0.05) is 59.3 Å². The zero-order valence-corrected chi connectivity index (χ0v) is 32.7. The number of piperidine rings is 1. The summed E-state index contributed by atoms with van der Waals surface area (Å²) < 4.78 is 6.98. The molecule has 2 aliphatic heterocycles. The first-order valence-corrected chi connectivity index (χ1v) is 19.6. The topological polar surface area (TPSA) is 151 Å². The van der Waals surface area contributed by atoms with Gasteiger partial charge in [-0.25, -0.2) is 19.9 Å². The molecule has 280 valence electrons. The minimum absolute atomic E-state index is 0.0634. The summed E-state index contributed by atoms with van der Waals surface area (Å²) in [5, 5.41) is 12.3. The second-order valence-corrected chi connectivity index (χ2v) is 15.8. The number of aromatic nitrogens is 4. The lowest BCUT2D eigenvalue weighted by atomic mass is 9.92. The summed E-state index contributed by atoms with van der Waals surface area (Å²) in [6, 6.07) is 12.7. The third kappa shape index (κ3) is 8.13. The van der Waals surface area contributed by atoms with Gasteiger partial charge >= 0.3 is 0 Å². The van der Waals surface area contributed by atoms with Crippen LogP contribution in [0.3, 0.4) is 0 Å². The summed E-state index contributed by atoms with van der Waals surface area (Å²) >= 11 is 3.44. The monoisotopic (exact) mass is 791 g/mol. The van der Waals surface area contributed by atoms with Crippen molar-refractivity contribution in [2.45, 2.75) is 97.1 Å². The van der Waals surface area contributed by atoms with E-state index in [1.54, 1.807) is 17.3 Å². The van der Waals surface area contributed by atoms with Gasteiger partial charge in [-0.05, 0) is 109 Å². The molecule has 54 heavy (non-hydrogen) atoms. The second-order valence-electron chi connectivity index (χ2n) is 15.0. The van der Waals surface area contributed by atoms with Crippen LogP contribution in [-0.4, -0.2) is 73.3 Å². The van der Waals surface area contributed by atoms with Gasteiger partial charge in [0.25, 0.3) is 0 Å². The average molecular weight is 793 g/mol. The first-order chi connectivity index (χ1) is 26.0. The molecule has 4 aromatic rings. The number of nitrogens with one attached hydrogen (secondary N) is 2. The molecule has 0 spiro atoms. The summed E-state index contributed by atoms with van der Waals surface area (Å²) in [7, 11) is 0. The number of benzene rings is 1. The molecule has 0 unspecified atom stereocenters. The van der Waals surface area contributed by atoms with Gasteiger partial charge in [0.05, 0.1) is 31.3 Å². The second kappa shape index (κ2) is 15.9. The molecule has 1 aliphatic carbocycles. The Balaban J connectivity index is 1.24. The Hall–Kier alpha value is -4.84. The highest BCUT2D eigenvalue weighted by molar-refractivity contribution is 9.10. The molecule has 11 nitrogen and oxygen atoms in total. The van der Waals surface area contributed by atoms with E-state index in [0.29, 0.717) is 52.7 Å². The zero-order chi connectivity index (χ0) is 38.0. The van der Waals surface area contributed by atoms with E-state index < -0.39 is 6.04 Å². The molecule has 0 radical (unpaired) electrons. The maximum absolute atomic E-state index is 14.5. The number of fused-ring (bicyclic) bond motifs is 3. The van der Waals surface area contributed by atoms with Crippen molar-refractivity contribution >= 4 is 44.8 Å². The summed E-state index contributed by atoms with van der Waals surface area (Å²) in [5.41, 5.74) is 5.61. The quantitative estimate of drug-likeness (QED) is 0.156. The van der Waals surface area contributed by atoms with Gasteiger partial charge < -0.3 is 15.0 Å². The molecule has 3 atom stereocenters. The van der Waals surface area contributed by atoms with Crippen LogP contribution >= 0.6 is 15.9 Å². The Kier molecular flexibility index (Phi) is 11.0. The van der Waals surface area contributed by atoms with E-state index in [1.165, 1.54) is 6.92 Å². The summed E-state index contributed by atoms with van der Waals surface area (Å²) in [6.45, 7) is 5.40. The summed E-state index contributed by atoms with van der Waals surface area (Å²) in [5.74, 6) is 0.562. The Morgan fingerprint density at radius 1 is 0.981 bits per heavy atom. The molecule has 3 aliphatic rings. The highest BCUT2D eigenvalue weighted by Crippen LogP contribution is 2.60. The Labute approximate surface area is 324 Å². The van der Waals surface area contributed by atoms with Crippen molar-refractivity contribution in [1.29, 1.82) is 5.41 Å². The smallest absolute Gasteiger partial charge is 0.242 e. The lowest BCUT2D eigenvalue weighted by Crippen LogP contribution is -2.46. The van der Waals surface area contributed by atoms with Gasteiger partial charge in [-0.15, -0.1) is 0 Å². The lowest BCUT2D eigenvalue weighted by molar-refractivity contribution is -0.137. The molecule has 5 heterocycles. The maximum atomic E-state index is 14.5. The van der Waals surface area contributed by atoms with Crippen LogP contribution in [0.25, 0.3) is 11.1 Å². The van der Waals surface area contributed by atoms with Crippen LogP contribution in [0.5, 0.6) is 5.88 Å². The van der Waals surface area contributed by atoms with Gasteiger partial charge in [0.1, 0.15) is 16.1 Å². The maximum Gasteiger partial charge on any atom is 0.242 e. The Bertz CT molecular complexity index is 2100. The summed E-state index contributed by atoms with van der Waals surface area (Å²) in [6.07, 6.45) is 11.4. The van der Waals surface area contributed by atoms with Crippen LogP contribution in [0.15, 0.2) is 59.5 Å². The van der Waals surface area contributed by atoms with Gasteiger partial charge in [-0.1, -0.05) is 31.4 Å². The molecule has 12 heteroatoms. The molecular weight excluding hydrogens is 746 g/mol. The standard InChI is InChI=1S/C42H46BrN7O4/c1-25-14-15-37(43)49-33(25)18-35(52)34-19-42-20-36(42)50(34)39(53)23-47-41-28(10-7-5-4-6-8-11-31-12-9-13-38(48-31)54-24-42)16-29(17-32(41)40(44)26(2)51)30-21-45-27(3)46-22-30/h9,12-17,21-22,34,36,44,47H,4-8,10-11,18-20,23-24H2,1-3H3/t34-,36+,42-/m0/s1. The fraction of sp³-hybridized carbons (Fsp3) is 0.429. The fourth-order valence-corrected chi connectivity index (χ4v) is 8.33. The Morgan fingerprint density at radius 2 is 1.74 bits per heavy atom. The normalized spacial score (nSPS) is 21.6. The van der Waals surface area contributed by atoms with E-state index in [9.17, 15) is 14.4 Å². The third-order valence-electron chi connectivity index (χ3n) is 11.1. The number of pyridine rings is 2. The van der Waals surface area contributed by atoms with Crippen molar-refractivity contribution in [1.82, 2.24) is 24.8 Å². The van der Waals surface area contributed by atoms with E-state index >= 15 is 0 Å². The predicted octanol–water partition coefficient (Wildman–Crippen LogP) is 6.98. The summed E-state index contributed by atoms with van der Waals surface area (Å²) in [4.78, 5) is 61.3. The van der Waals surface area contributed by atoms with Crippen molar-refractivity contribution in [2.24, 2.45) is 5.41 Å². The van der Waals surface area contributed by atoms with Crippen molar-refractivity contribution in [3.63, 3.8) is 0 Å². The number of carbonyl (C=O) groups excluding carboxylic acids is 3. The van der Waals surface area contributed by atoms with Crippen LogP contribution in [0, 0.1) is 24.7 Å². The van der Waals surface area contributed by atoms with E-state index in [-0.39, 0.29) is 47.6 Å². The molecule has 2 N–H and O–H groups in total. The van der Waals surface area contributed by atoms with E-state index in [0.717, 1.165) is 72.9 Å². The number of ether oxygens (including phenoxy) is 1.